The summed E-state index contributed by atoms with van der Waals surface area (Å²) < 4.78 is 24.7. The van der Waals surface area contributed by atoms with E-state index in [1.54, 1.807) is 26.4 Å². The van der Waals surface area contributed by atoms with Crippen molar-refractivity contribution in [1.29, 1.82) is 0 Å². The zero-order valence-electron chi connectivity index (χ0n) is 17.3. The molecule has 4 atom stereocenters. The van der Waals surface area contributed by atoms with Gasteiger partial charge >= 0.3 is 0 Å². The molecule has 2 aromatic carbocycles. The highest BCUT2D eigenvalue weighted by molar-refractivity contribution is 5.43. The number of benzene rings is 2. The van der Waals surface area contributed by atoms with Crippen LogP contribution in [0.4, 0.5) is 4.39 Å². The highest BCUT2D eigenvalue weighted by Crippen LogP contribution is 2.45. The zero-order valence-corrected chi connectivity index (χ0v) is 17.3. The molecule has 1 saturated carbocycles. The predicted molar refractivity (Wildman–Crippen MR) is 110 cm³/mol. The minimum absolute atomic E-state index is 0.136. The third-order valence-corrected chi connectivity index (χ3v) is 6.87. The average molecular weight is 401 g/mol. The fourth-order valence-corrected chi connectivity index (χ4v) is 5.48. The molecule has 2 aromatic rings. The quantitative estimate of drug-likeness (QED) is 0.809. The molecule has 2 N–H and O–H groups in total. The Morgan fingerprint density at radius 2 is 1.90 bits per heavy atom. The highest BCUT2D eigenvalue weighted by Gasteiger charge is 2.51. The number of ether oxygens (including phenoxy) is 2. The second kappa shape index (κ2) is 8.33. The van der Waals surface area contributed by atoms with Gasteiger partial charge < -0.3 is 19.5 Å². The van der Waals surface area contributed by atoms with Crippen LogP contribution < -0.4 is 14.4 Å². The minimum atomic E-state index is -0.610. The molecule has 0 radical (unpaired) electrons. The third-order valence-electron chi connectivity index (χ3n) is 6.87. The average Bonchev–Trinajstić information content (AvgIpc) is 2.73. The first-order chi connectivity index (χ1) is 14.0. The summed E-state index contributed by atoms with van der Waals surface area (Å²) in [6.45, 7) is 1.60. The second-order valence-corrected chi connectivity index (χ2v) is 8.51. The van der Waals surface area contributed by atoms with E-state index in [0.29, 0.717) is 11.5 Å². The number of rotatable bonds is 5. The summed E-state index contributed by atoms with van der Waals surface area (Å²) in [6.07, 6.45) is 4.91. The second-order valence-electron chi connectivity index (χ2n) is 8.51. The smallest absolute Gasteiger partial charge is 0.161 e. The molecule has 0 aromatic heterocycles. The normalized spacial score (nSPS) is 29.2. The van der Waals surface area contributed by atoms with E-state index in [2.05, 4.69) is 12.1 Å². The van der Waals surface area contributed by atoms with Gasteiger partial charge in [0.25, 0.3) is 0 Å². The van der Waals surface area contributed by atoms with Crippen LogP contribution in [0.3, 0.4) is 0 Å². The molecular formula is C24H31FNO3+. The van der Waals surface area contributed by atoms with E-state index in [4.69, 9.17) is 9.47 Å². The van der Waals surface area contributed by atoms with Crippen LogP contribution in [0.15, 0.2) is 42.5 Å². The fourth-order valence-electron chi connectivity index (χ4n) is 5.48. The Balaban J connectivity index is 1.72. The maximum Gasteiger partial charge on any atom is 0.161 e. The van der Waals surface area contributed by atoms with Crippen LogP contribution in [0, 0.1) is 11.7 Å². The molecule has 4 nitrogen and oxygen atoms in total. The fraction of sp³-hybridized carbons (Fsp3) is 0.500. The molecular weight excluding hydrogens is 369 g/mol. The van der Waals surface area contributed by atoms with E-state index in [1.165, 1.54) is 11.0 Å². The van der Waals surface area contributed by atoms with Crippen LogP contribution >= 0.6 is 0 Å². The molecule has 2 aliphatic rings. The largest absolute Gasteiger partial charge is 0.493 e. The summed E-state index contributed by atoms with van der Waals surface area (Å²) in [4.78, 5) is 1.37. The van der Waals surface area contributed by atoms with Crippen LogP contribution in [-0.4, -0.2) is 31.5 Å². The van der Waals surface area contributed by atoms with Crippen LogP contribution in [0.2, 0.25) is 0 Å². The Hall–Kier alpha value is -2.11. The molecule has 1 aliphatic heterocycles. The van der Waals surface area contributed by atoms with Gasteiger partial charge in [-0.15, -0.1) is 0 Å². The summed E-state index contributed by atoms with van der Waals surface area (Å²) in [6, 6.07) is 13.1. The van der Waals surface area contributed by atoms with E-state index in [-0.39, 0.29) is 17.8 Å². The molecule has 5 heteroatoms. The van der Waals surface area contributed by atoms with Crippen molar-refractivity contribution in [2.45, 2.75) is 50.3 Å². The van der Waals surface area contributed by atoms with Crippen LogP contribution in [-0.2, 0) is 6.54 Å². The van der Waals surface area contributed by atoms with Gasteiger partial charge in [-0.25, -0.2) is 4.39 Å². The lowest BCUT2D eigenvalue weighted by Crippen LogP contribution is -3.13. The van der Waals surface area contributed by atoms with Gasteiger partial charge in [0.1, 0.15) is 18.4 Å². The number of piperidine rings is 1. The van der Waals surface area contributed by atoms with Crippen molar-refractivity contribution in [2.24, 2.45) is 5.92 Å². The molecule has 0 bridgehead atoms. The summed E-state index contributed by atoms with van der Waals surface area (Å²) >= 11 is 0. The SMILES string of the molecule is COc1ccc([C@@H]2[C@@H]3CCCC[C@]3(O)CC[NH+]2Cc2cccc(F)c2)cc1OC. The van der Waals surface area contributed by atoms with Crippen LogP contribution in [0.1, 0.15) is 49.3 Å². The molecule has 0 amide bonds. The van der Waals surface area contributed by atoms with E-state index >= 15 is 0 Å². The van der Waals surface area contributed by atoms with Crippen LogP contribution in [0.25, 0.3) is 0 Å². The number of likely N-dealkylation sites (tertiary alicyclic amines) is 1. The Bertz CT molecular complexity index is 858. The van der Waals surface area contributed by atoms with Gasteiger partial charge in [0.05, 0.1) is 26.4 Å². The molecule has 1 aliphatic carbocycles. The van der Waals surface area contributed by atoms with E-state index in [9.17, 15) is 9.50 Å². The monoisotopic (exact) mass is 400 g/mol. The minimum Gasteiger partial charge on any atom is -0.493 e. The van der Waals surface area contributed by atoms with Crippen molar-refractivity contribution in [2.75, 3.05) is 20.8 Å². The summed E-state index contributed by atoms with van der Waals surface area (Å²) in [5.41, 5.74) is 1.53. The summed E-state index contributed by atoms with van der Waals surface area (Å²) in [5, 5.41) is 11.4. The van der Waals surface area contributed by atoms with Gasteiger partial charge in [-0.1, -0.05) is 25.0 Å². The molecule has 1 saturated heterocycles. The lowest BCUT2D eigenvalue weighted by molar-refractivity contribution is -0.958. The van der Waals surface area contributed by atoms with Crippen molar-refractivity contribution < 1.29 is 23.9 Å². The number of halogens is 1. The number of hydrogen-bond donors (Lipinski definition) is 2. The van der Waals surface area contributed by atoms with Crippen molar-refractivity contribution in [3.63, 3.8) is 0 Å². The first-order valence-electron chi connectivity index (χ1n) is 10.6. The highest BCUT2D eigenvalue weighted by atomic mass is 19.1. The van der Waals surface area contributed by atoms with E-state index in [0.717, 1.165) is 56.3 Å². The van der Waals surface area contributed by atoms with E-state index in [1.807, 2.05) is 12.1 Å². The standard InChI is InChI=1S/C24H30FNO3/c1-28-21-10-9-18(15-22(21)29-2)23-20-8-3-4-11-24(20,27)12-13-26(23)16-17-6-5-7-19(25)14-17/h5-7,9-10,14-15,20,23,27H,3-4,8,11-13,16H2,1-2H3/p+1/t20-,23+,24-/m0/s1. The molecule has 0 spiro atoms. The molecule has 2 fully saturated rings. The first-order valence-corrected chi connectivity index (χ1v) is 10.6. The third kappa shape index (κ3) is 3.99. The van der Waals surface area contributed by atoms with Crippen molar-refractivity contribution in [3.05, 3.63) is 59.4 Å². The van der Waals surface area contributed by atoms with Gasteiger partial charge in [0.15, 0.2) is 11.5 Å². The number of methoxy groups -OCH3 is 2. The zero-order chi connectivity index (χ0) is 20.4. The maximum atomic E-state index is 13.8. The molecule has 29 heavy (non-hydrogen) atoms. The van der Waals surface area contributed by atoms with Crippen molar-refractivity contribution in [3.8, 4) is 11.5 Å². The Kier molecular flexibility index (Phi) is 5.79. The first kappa shape index (κ1) is 20.2. The van der Waals surface area contributed by atoms with Gasteiger partial charge in [-0.2, -0.15) is 0 Å². The molecule has 156 valence electrons. The molecule has 1 heterocycles. The van der Waals surface area contributed by atoms with E-state index < -0.39 is 5.60 Å². The van der Waals surface area contributed by atoms with Crippen molar-refractivity contribution >= 4 is 0 Å². The number of fused-ring (bicyclic) bond motifs is 1. The lowest BCUT2D eigenvalue weighted by Gasteiger charge is -2.50. The number of quaternary nitrogens is 1. The van der Waals surface area contributed by atoms with Gasteiger partial charge in [0, 0.05) is 23.5 Å². The summed E-state index contributed by atoms with van der Waals surface area (Å²) in [5.74, 6) is 1.40. The predicted octanol–water partition coefficient (Wildman–Crippen LogP) is 3.29. The molecule has 1 unspecified atom stereocenters. The van der Waals surface area contributed by atoms with Gasteiger partial charge in [-0.05, 0) is 43.2 Å². The van der Waals surface area contributed by atoms with Crippen molar-refractivity contribution in [1.82, 2.24) is 0 Å². The summed E-state index contributed by atoms with van der Waals surface area (Å²) in [7, 11) is 3.29. The van der Waals surface area contributed by atoms with Crippen LogP contribution in [0.5, 0.6) is 11.5 Å². The maximum absolute atomic E-state index is 13.8. The Morgan fingerprint density at radius 3 is 2.66 bits per heavy atom. The number of hydrogen-bond acceptors (Lipinski definition) is 3. The lowest BCUT2D eigenvalue weighted by atomic mass is 9.66. The van der Waals surface area contributed by atoms with Gasteiger partial charge in [-0.3, -0.25) is 0 Å². The topological polar surface area (TPSA) is 43.1 Å². The number of nitrogens with one attached hydrogen (secondary N) is 1. The van der Waals surface area contributed by atoms with Gasteiger partial charge in [0.2, 0.25) is 0 Å². The molecule has 4 rings (SSSR count). The number of aliphatic hydroxyl groups is 1. The Labute approximate surface area is 172 Å². The Morgan fingerprint density at radius 1 is 1.07 bits per heavy atom.